The molecule has 0 spiro atoms. The zero-order valence-electron chi connectivity index (χ0n) is 14.3. The number of carbonyl (C=O) groups excluding carboxylic acids is 2. The van der Waals surface area contributed by atoms with Crippen LogP contribution in [0.4, 0.5) is 5.69 Å². The van der Waals surface area contributed by atoms with Crippen LogP contribution in [-0.4, -0.2) is 29.6 Å². The topological polar surface area (TPSA) is 72.7 Å². The SMILES string of the molecule is CCCC(=O)N=c1sc2cc(NC(C)=O)ccc2n1CCOCC. The molecule has 130 valence electrons. The molecule has 1 aromatic heterocycles. The van der Waals surface area contributed by atoms with Crippen LogP contribution >= 0.6 is 11.3 Å². The second kappa shape index (κ2) is 8.75. The maximum absolute atomic E-state index is 11.9. The smallest absolute Gasteiger partial charge is 0.248 e. The Morgan fingerprint density at radius 3 is 2.79 bits per heavy atom. The predicted molar refractivity (Wildman–Crippen MR) is 96.1 cm³/mol. The van der Waals surface area contributed by atoms with Gasteiger partial charge in [0.05, 0.1) is 16.8 Å². The van der Waals surface area contributed by atoms with Gasteiger partial charge in [-0.15, -0.1) is 0 Å². The van der Waals surface area contributed by atoms with Crippen molar-refractivity contribution in [3.8, 4) is 0 Å². The molecule has 0 aliphatic heterocycles. The number of hydrogen-bond donors (Lipinski definition) is 1. The molecule has 1 N–H and O–H groups in total. The van der Waals surface area contributed by atoms with Crippen molar-refractivity contribution < 1.29 is 14.3 Å². The summed E-state index contributed by atoms with van der Waals surface area (Å²) in [6, 6.07) is 5.69. The van der Waals surface area contributed by atoms with Crippen LogP contribution < -0.4 is 10.1 Å². The molecule has 6 nitrogen and oxygen atoms in total. The Morgan fingerprint density at radius 2 is 2.12 bits per heavy atom. The van der Waals surface area contributed by atoms with Gasteiger partial charge in [-0.25, -0.2) is 0 Å². The molecular weight excluding hydrogens is 326 g/mol. The number of nitrogens with zero attached hydrogens (tertiary/aromatic N) is 2. The first-order valence-electron chi connectivity index (χ1n) is 8.11. The monoisotopic (exact) mass is 349 g/mol. The van der Waals surface area contributed by atoms with Crippen LogP contribution in [0, 0.1) is 0 Å². The van der Waals surface area contributed by atoms with E-state index in [1.54, 1.807) is 0 Å². The van der Waals surface area contributed by atoms with E-state index in [-0.39, 0.29) is 11.8 Å². The fourth-order valence-corrected chi connectivity index (χ4v) is 3.44. The van der Waals surface area contributed by atoms with Crippen molar-refractivity contribution in [3.63, 3.8) is 0 Å². The molecule has 1 heterocycles. The summed E-state index contributed by atoms with van der Waals surface area (Å²) < 4.78 is 8.41. The molecule has 0 bridgehead atoms. The van der Waals surface area contributed by atoms with E-state index >= 15 is 0 Å². The van der Waals surface area contributed by atoms with Gasteiger partial charge in [0.25, 0.3) is 0 Å². The average molecular weight is 349 g/mol. The highest BCUT2D eigenvalue weighted by atomic mass is 32.1. The second-order valence-corrected chi connectivity index (χ2v) is 6.36. The summed E-state index contributed by atoms with van der Waals surface area (Å²) >= 11 is 1.45. The number of nitrogens with one attached hydrogen (secondary N) is 1. The van der Waals surface area contributed by atoms with Crippen LogP contribution in [0.3, 0.4) is 0 Å². The van der Waals surface area contributed by atoms with Gasteiger partial charge in [-0.2, -0.15) is 4.99 Å². The molecule has 0 aliphatic carbocycles. The number of aromatic nitrogens is 1. The third-order valence-electron chi connectivity index (χ3n) is 3.35. The summed E-state index contributed by atoms with van der Waals surface area (Å²) in [6.07, 6.45) is 1.22. The molecule has 0 saturated heterocycles. The van der Waals surface area contributed by atoms with Crippen molar-refractivity contribution in [1.82, 2.24) is 4.57 Å². The Hall–Kier alpha value is -1.99. The number of ether oxygens (including phenoxy) is 1. The summed E-state index contributed by atoms with van der Waals surface area (Å²) in [5.74, 6) is -0.227. The maximum Gasteiger partial charge on any atom is 0.248 e. The summed E-state index contributed by atoms with van der Waals surface area (Å²) in [7, 11) is 0. The lowest BCUT2D eigenvalue weighted by atomic mass is 10.3. The molecule has 0 radical (unpaired) electrons. The van der Waals surface area contributed by atoms with E-state index in [4.69, 9.17) is 4.74 Å². The number of fused-ring (bicyclic) bond motifs is 1. The molecule has 1 aromatic carbocycles. The first kappa shape index (κ1) is 18.4. The molecule has 2 amide bonds. The Kier molecular flexibility index (Phi) is 6.69. The minimum absolute atomic E-state index is 0.113. The van der Waals surface area contributed by atoms with Crippen molar-refractivity contribution in [3.05, 3.63) is 23.0 Å². The summed E-state index contributed by atoms with van der Waals surface area (Å²) in [5.41, 5.74) is 1.72. The number of anilines is 1. The fraction of sp³-hybridized carbons (Fsp3) is 0.471. The molecule has 2 rings (SSSR count). The fourth-order valence-electron chi connectivity index (χ4n) is 2.33. The van der Waals surface area contributed by atoms with Gasteiger partial charge in [0.15, 0.2) is 4.80 Å². The molecule has 7 heteroatoms. The van der Waals surface area contributed by atoms with Gasteiger partial charge in [0, 0.05) is 32.2 Å². The average Bonchev–Trinajstić information content (AvgIpc) is 2.84. The normalized spacial score (nSPS) is 11.9. The lowest BCUT2D eigenvalue weighted by Gasteiger charge is -2.06. The van der Waals surface area contributed by atoms with Gasteiger partial charge in [-0.05, 0) is 31.5 Å². The maximum atomic E-state index is 11.9. The van der Waals surface area contributed by atoms with Gasteiger partial charge in [0.1, 0.15) is 0 Å². The number of hydrogen-bond acceptors (Lipinski definition) is 4. The van der Waals surface area contributed by atoms with Crippen LogP contribution in [0.1, 0.15) is 33.6 Å². The predicted octanol–water partition coefficient (Wildman–Crippen LogP) is 2.93. The molecule has 0 saturated carbocycles. The zero-order valence-corrected chi connectivity index (χ0v) is 15.1. The van der Waals surface area contributed by atoms with Gasteiger partial charge < -0.3 is 14.6 Å². The number of benzene rings is 1. The molecule has 2 aromatic rings. The Labute approximate surface area is 145 Å². The van der Waals surface area contributed by atoms with Gasteiger partial charge in [-0.1, -0.05) is 18.3 Å². The lowest BCUT2D eigenvalue weighted by molar-refractivity contribution is -0.118. The van der Waals surface area contributed by atoms with E-state index in [2.05, 4.69) is 10.3 Å². The first-order chi connectivity index (χ1) is 11.5. The first-order valence-corrected chi connectivity index (χ1v) is 8.93. The van der Waals surface area contributed by atoms with Gasteiger partial charge in [-0.3, -0.25) is 9.59 Å². The van der Waals surface area contributed by atoms with Crippen LogP contribution in [0.25, 0.3) is 10.2 Å². The van der Waals surface area contributed by atoms with Gasteiger partial charge in [0.2, 0.25) is 11.8 Å². The highest BCUT2D eigenvalue weighted by Gasteiger charge is 2.09. The Balaban J connectivity index is 2.46. The third kappa shape index (κ3) is 4.75. The summed E-state index contributed by atoms with van der Waals surface area (Å²) in [5, 5.41) is 2.78. The molecule has 0 unspecified atom stereocenters. The highest BCUT2D eigenvalue weighted by Crippen LogP contribution is 2.22. The second-order valence-electron chi connectivity index (χ2n) is 5.35. The van der Waals surface area contributed by atoms with Crippen LogP contribution in [-0.2, 0) is 20.9 Å². The quantitative estimate of drug-likeness (QED) is 0.781. The Morgan fingerprint density at radius 1 is 1.33 bits per heavy atom. The van der Waals surface area contributed by atoms with E-state index in [0.29, 0.717) is 31.0 Å². The molecule has 0 atom stereocenters. The zero-order chi connectivity index (χ0) is 17.5. The minimum atomic E-state index is -0.115. The van der Waals surface area contributed by atoms with Crippen LogP contribution in [0.2, 0.25) is 0 Å². The number of amides is 2. The highest BCUT2D eigenvalue weighted by molar-refractivity contribution is 7.16. The van der Waals surface area contributed by atoms with Crippen molar-refractivity contribution in [2.45, 2.75) is 40.2 Å². The minimum Gasteiger partial charge on any atom is -0.380 e. The number of rotatable bonds is 7. The number of thiazole rings is 1. The van der Waals surface area contributed by atoms with Gasteiger partial charge >= 0.3 is 0 Å². The Bertz CT molecular complexity index is 792. The summed E-state index contributed by atoms with van der Waals surface area (Å²) in [6.45, 7) is 7.23. The van der Waals surface area contributed by atoms with E-state index < -0.39 is 0 Å². The van der Waals surface area contributed by atoms with Crippen LogP contribution in [0.15, 0.2) is 23.2 Å². The molecular formula is C17H23N3O3S. The van der Waals surface area contributed by atoms with E-state index in [1.807, 2.05) is 36.6 Å². The number of carbonyl (C=O) groups is 2. The third-order valence-corrected chi connectivity index (χ3v) is 4.39. The van der Waals surface area contributed by atoms with Crippen molar-refractivity contribution in [1.29, 1.82) is 0 Å². The molecule has 0 aliphatic rings. The van der Waals surface area contributed by atoms with E-state index in [0.717, 1.165) is 22.3 Å². The van der Waals surface area contributed by atoms with E-state index in [9.17, 15) is 9.59 Å². The van der Waals surface area contributed by atoms with Crippen molar-refractivity contribution in [2.75, 3.05) is 18.5 Å². The van der Waals surface area contributed by atoms with Crippen LogP contribution in [0.5, 0.6) is 0 Å². The van der Waals surface area contributed by atoms with E-state index in [1.165, 1.54) is 18.3 Å². The molecule has 24 heavy (non-hydrogen) atoms. The lowest BCUT2D eigenvalue weighted by Crippen LogP contribution is -2.19. The van der Waals surface area contributed by atoms with Crippen molar-refractivity contribution in [2.24, 2.45) is 4.99 Å². The summed E-state index contributed by atoms with van der Waals surface area (Å²) in [4.78, 5) is 28.1. The largest absolute Gasteiger partial charge is 0.380 e. The standard InChI is InChI=1S/C17H23N3O3S/c1-4-6-16(22)19-17-20(9-10-23-5-2)14-8-7-13(18-12(3)21)11-15(14)24-17/h7-8,11H,4-6,9-10H2,1-3H3,(H,18,21). The molecule has 0 fully saturated rings. The van der Waals surface area contributed by atoms with Crippen molar-refractivity contribution >= 4 is 39.1 Å².